The third-order valence-corrected chi connectivity index (χ3v) is 7.30. The topological polar surface area (TPSA) is 42.2 Å². The molecule has 0 unspecified atom stereocenters. The molecule has 1 saturated carbocycles. The fourth-order valence-corrected chi connectivity index (χ4v) is 5.59. The molecule has 4 rings (SSSR count). The minimum Gasteiger partial charge on any atom is -0.451 e. The Hall–Kier alpha value is -2.20. The van der Waals surface area contributed by atoms with Crippen LogP contribution >= 0.6 is 11.8 Å². The van der Waals surface area contributed by atoms with Crippen molar-refractivity contribution in [1.29, 1.82) is 0 Å². The first-order valence-corrected chi connectivity index (χ1v) is 11.7. The number of rotatable bonds is 6. The van der Waals surface area contributed by atoms with Gasteiger partial charge in [0.1, 0.15) is 5.58 Å². The van der Waals surface area contributed by atoms with Crippen molar-refractivity contribution in [3.8, 4) is 0 Å². The van der Waals surface area contributed by atoms with Crippen LogP contribution in [0.15, 0.2) is 46.9 Å². The standard InChI is InChI=1S/C25H29NO2S/c1-3-18-11-9-10-17(2)23(18)26-25(27)24-21(16-29-19-12-5-4-6-13-19)20-14-7-8-15-22(20)28-24/h7-11,14-15,19H,3-6,12-13,16H2,1-2H3,(H,26,27). The van der Waals surface area contributed by atoms with Gasteiger partial charge in [-0.2, -0.15) is 11.8 Å². The van der Waals surface area contributed by atoms with Crippen LogP contribution in [0.5, 0.6) is 0 Å². The van der Waals surface area contributed by atoms with Crippen LogP contribution in [-0.4, -0.2) is 11.2 Å². The normalized spacial score (nSPS) is 15.0. The Morgan fingerprint density at radius 1 is 1.10 bits per heavy atom. The van der Waals surface area contributed by atoms with E-state index in [1.807, 2.05) is 49.0 Å². The number of furan rings is 1. The van der Waals surface area contributed by atoms with Crippen LogP contribution in [0.2, 0.25) is 0 Å². The smallest absolute Gasteiger partial charge is 0.291 e. The average molecular weight is 408 g/mol. The lowest BCUT2D eigenvalue weighted by molar-refractivity contribution is 0.0997. The molecule has 1 aliphatic rings. The summed E-state index contributed by atoms with van der Waals surface area (Å²) in [5, 5.41) is 4.89. The number of aryl methyl sites for hydroxylation is 2. The summed E-state index contributed by atoms with van der Waals surface area (Å²) in [5.41, 5.74) is 4.95. The fraction of sp³-hybridized carbons (Fsp3) is 0.400. The van der Waals surface area contributed by atoms with Crippen LogP contribution in [0.25, 0.3) is 11.0 Å². The fourth-order valence-electron chi connectivity index (χ4n) is 4.23. The monoisotopic (exact) mass is 407 g/mol. The Labute approximate surface area is 177 Å². The lowest BCUT2D eigenvalue weighted by atomic mass is 10.0. The number of fused-ring (bicyclic) bond motifs is 1. The molecule has 0 aliphatic heterocycles. The molecule has 0 atom stereocenters. The molecule has 1 heterocycles. The third kappa shape index (κ3) is 4.37. The molecule has 2 aromatic carbocycles. The summed E-state index contributed by atoms with van der Waals surface area (Å²) in [6.07, 6.45) is 7.45. The number of hydrogen-bond donors (Lipinski definition) is 1. The molecule has 152 valence electrons. The van der Waals surface area contributed by atoms with E-state index in [-0.39, 0.29) is 5.91 Å². The first-order valence-electron chi connectivity index (χ1n) is 10.7. The van der Waals surface area contributed by atoms with E-state index in [9.17, 15) is 4.79 Å². The second kappa shape index (κ2) is 9.08. The Balaban J connectivity index is 1.63. The van der Waals surface area contributed by atoms with Crippen LogP contribution in [0.3, 0.4) is 0 Å². The van der Waals surface area contributed by atoms with Crippen molar-refractivity contribution in [2.75, 3.05) is 5.32 Å². The lowest BCUT2D eigenvalue weighted by Gasteiger charge is -2.21. The van der Waals surface area contributed by atoms with Crippen LogP contribution in [0.4, 0.5) is 5.69 Å². The van der Waals surface area contributed by atoms with Crippen LogP contribution in [0.1, 0.15) is 66.3 Å². The van der Waals surface area contributed by atoms with E-state index in [1.165, 1.54) is 32.1 Å². The number of carbonyl (C=O) groups excluding carboxylic acids is 1. The number of nitrogens with one attached hydrogen (secondary N) is 1. The Morgan fingerprint density at radius 3 is 2.69 bits per heavy atom. The third-order valence-electron chi connectivity index (χ3n) is 5.90. The van der Waals surface area contributed by atoms with Crippen molar-refractivity contribution in [2.24, 2.45) is 0 Å². The van der Waals surface area contributed by atoms with Crippen LogP contribution in [-0.2, 0) is 12.2 Å². The summed E-state index contributed by atoms with van der Waals surface area (Å²) < 4.78 is 6.06. The largest absolute Gasteiger partial charge is 0.451 e. The van der Waals surface area contributed by atoms with Crippen molar-refractivity contribution in [2.45, 2.75) is 63.4 Å². The highest BCUT2D eigenvalue weighted by Gasteiger charge is 2.23. The first kappa shape index (κ1) is 20.1. The molecule has 3 aromatic rings. The summed E-state index contributed by atoms with van der Waals surface area (Å²) >= 11 is 1.98. The summed E-state index contributed by atoms with van der Waals surface area (Å²) in [4.78, 5) is 13.3. The van der Waals surface area contributed by atoms with Crippen molar-refractivity contribution < 1.29 is 9.21 Å². The van der Waals surface area contributed by atoms with Crippen molar-refractivity contribution >= 4 is 34.3 Å². The van der Waals surface area contributed by atoms with Gasteiger partial charge in [0.2, 0.25) is 0 Å². The van der Waals surface area contributed by atoms with Gasteiger partial charge in [-0.1, -0.05) is 62.6 Å². The van der Waals surface area contributed by atoms with Gasteiger partial charge < -0.3 is 9.73 Å². The number of carbonyl (C=O) groups is 1. The SMILES string of the molecule is CCc1cccc(C)c1NC(=O)c1oc2ccccc2c1CSC1CCCCC1. The first-order chi connectivity index (χ1) is 14.2. The zero-order valence-electron chi connectivity index (χ0n) is 17.3. The number of benzene rings is 2. The Morgan fingerprint density at radius 2 is 1.90 bits per heavy atom. The molecule has 0 spiro atoms. The molecule has 1 aliphatic carbocycles. The maximum atomic E-state index is 13.3. The van der Waals surface area contributed by atoms with Gasteiger partial charge in [0, 0.05) is 27.6 Å². The maximum Gasteiger partial charge on any atom is 0.291 e. The van der Waals surface area contributed by atoms with Crippen molar-refractivity contribution in [3.05, 3.63) is 64.9 Å². The summed E-state index contributed by atoms with van der Waals surface area (Å²) in [5.74, 6) is 1.13. The molecule has 3 nitrogen and oxygen atoms in total. The van der Waals surface area contributed by atoms with Crippen LogP contribution < -0.4 is 5.32 Å². The number of para-hydroxylation sites is 2. The van der Waals surface area contributed by atoms with Crippen LogP contribution in [0, 0.1) is 6.92 Å². The maximum absolute atomic E-state index is 13.3. The molecule has 0 saturated heterocycles. The van der Waals surface area contributed by atoms with E-state index in [0.29, 0.717) is 11.0 Å². The highest BCUT2D eigenvalue weighted by atomic mass is 32.2. The van der Waals surface area contributed by atoms with Gasteiger partial charge in [0.05, 0.1) is 0 Å². The Bertz CT molecular complexity index is 1000. The zero-order valence-corrected chi connectivity index (χ0v) is 18.1. The quantitative estimate of drug-likeness (QED) is 0.473. The van der Waals surface area contributed by atoms with Crippen molar-refractivity contribution in [3.63, 3.8) is 0 Å². The van der Waals surface area contributed by atoms with E-state index in [4.69, 9.17) is 4.42 Å². The lowest BCUT2D eigenvalue weighted by Crippen LogP contribution is -2.15. The summed E-state index contributed by atoms with van der Waals surface area (Å²) in [7, 11) is 0. The zero-order chi connectivity index (χ0) is 20.2. The molecule has 1 amide bonds. The number of anilines is 1. The highest BCUT2D eigenvalue weighted by Crippen LogP contribution is 2.35. The predicted molar refractivity (Wildman–Crippen MR) is 123 cm³/mol. The van der Waals surface area contributed by atoms with Gasteiger partial charge in [-0.25, -0.2) is 0 Å². The summed E-state index contributed by atoms with van der Waals surface area (Å²) in [6, 6.07) is 14.1. The molecule has 1 fully saturated rings. The molecule has 29 heavy (non-hydrogen) atoms. The van der Waals surface area contributed by atoms with E-state index >= 15 is 0 Å². The molecule has 0 bridgehead atoms. The number of hydrogen-bond acceptors (Lipinski definition) is 3. The van der Waals surface area contributed by atoms with E-state index < -0.39 is 0 Å². The second-order valence-electron chi connectivity index (χ2n) is 7.89. The van der Waals surface area contributed by atoms with Gasteiger partial charge in [-0.15, -0.1) is 0 Å². The molecular formula is C25H29NO2S. The highest BCUT2D eigenvalue weighted by molar-refractivity contribution is 7.99. The minimum absolute atomic E-state index is 0.149. The minimum atomic E-state index is -0.149. The predicted octanol–water partition coefficient (Wildman–Crippen LogP) is 7.12. The molecule has 1 N–H and O–H groups in total. The van der Waals surface area contributed by atoms with Gasteiger partial charge >= 0.3 is 0 Å². The van der Waals surface area contributed by atoms with Crippen molar-refractivity contribution in [1.82, 2.24) is 0 Å². The van der Waals surface area contributed by atoms with Gasteiger partial charge in [0.25, 0.3) is 5.91 Å². The number of thioether (sulfide) groups is 1. The summed E-state index contributed by atoms with van der Waals surface area (Å²) in [6.45, 7) is 4.14. The average Bonchev–Trinajstić information content (AvgIpc) is 3.13. The van der Waals surface area contributed by atoms with Gasteiger partial charge in [-0.05, 0) is 43.4 Å². The van der Waals surface area contributed by atoms with E-state index in [2.05, 4.69) is 24.4 Å². The van der Waals surface area contributed by atoms with E-state index in [0.717, 1.165) is 45.5 Å². The molecule has 0 radical (unpaired) electrons. The second-order valence-corrected chi connectivity index (χ2v) is 9.18. The van der Waals surface area contributed by atoms with Gasteiger partial charge in [0.15, 0.2) is 5.76 Å². The molecule has 1 aromatic heterocycles. The van der Waals surface area contributed by atoms with E-state index in [1.54, 1.807) is 0 Å². The number of amides is 1. The Kier molecular flexibility index (Phi) is 6.29. The molecule has 4 heteroatoms. The van der Waals surface area contributed by atoms with Gasteiger partial charge in [-0.3, -0.25) is 4.79 Å². The molecular weight excluding hydrogens is 378 g/mol.